The van der Waals surface area contributed by atoms with E-state index in [1.807, 2.05) is 0 Å². The SMILES string of the molecule is CC1C=C2C(=C(C(C)(C)C)C1)OCCC21CCC1. The third-order valence-corrected chi connectivity index (χ3v) is 5.11. The molecule has 1 heterocycles. The van der Waals surface area contributed by atoms with Crippen LogP contribution in [0.4, 0.5) is 0 Å². The van der Waals surface area contributed by atoms with Crippen molar-refractivity contribution in [1.29, 1.82) is 0 Å². The Kier molecular flexibility index (Phi) is 2.66. The highest BCUT2D eigenvalue weighted by molar-refractivity contribution is 5.44. The summed E-state index contributed by atoms with van der Waals surface area (Å²) in [6.07, 6.45) is 9.11. The second-order valence-electron chi connectivity index (χ2n) is 7.55. The normalized spacial score (nSPS) is 30.4. The van der Waals surface area contributed by atoms with Gasteiger partial charge in [-0.25, -0.2) is 0 Å². The highest BCUT2D eigenvalue weighted by Crippen LogP contribution is 2.57. The first-order chi connectivity index (χ1) is 8.42. The molecule has 0 bridgehead atoms. The van der Waals surface area contributed by atoms with Crippen LogP contribution < -0.4 is 0 Å². The fourth-order valence-electron chi connectivity index (χ4n) is 3.83. The lowest BCUT2D eigenvalue weighted by atomic mass is 9.58. The molecule has 1 unspecified atom stereocenters. The molecule has 1 saturated carbocycles. The molecule has 0 aromatic carbocycles. The van der Waals surface area contributed by atoms with Gasteiger partial charge in [-0.1, -0.05) is 40.2 Å². The van der Waals surface area contributed by atoms with Crippen LogP contribution in [0.3, 0.4) is 0 Å². The van der Waals surface area contributed by atoms with Crippen molar-refractivity contribution in [3.05, 3.63) is 23.0 Å². The Hall–Kier alpha value is -0.720. The summed E-state index contributed by atoms with van der Waals surface area (Å²) in [4.78, 5) is 0. The van der Waals surface area contributed by atoms with Crippen molar-refractivity contribution in [1.82, 2.24) is 0 Å². The van der Waals surface area contributed by atoms with Gasteiger partial charge in [0.1, 0.15) is 5.76 Å². The van der Waals surface area contributed by atoms with Crippen molar-refractivity contribution in [2.24, 2.45) is 16.7 Å². The van der Waals surface area contributed by atoms with Gasteiger partial charge in [-0.2, -0.15) is 0 Å². The van der Waals surface area contributed by atoms with E-state index in [0.29, 0.717) is 11.3 Å². The van der Waals surface area contributed by atoms with Gasteiger partial charge in [-0.15, -0.1) is 0 Å². The van der Waals surface area contributed by atoms with Crippen molar-refractivity contribution in [3.8, 4) is 0 Å². The minimum absolute atomic E-state index is 0.241. The maximum Gasteiger partial charge on any atom is 0.122 e. The molecule has 0 amide bonds. The molecule has 1 nitrogen and oxygen atoms in total. The van der Waals surface area contributed by atoms with Gasteiger partial charge in [0.25, 0.3) is 0 Å². The molecule has 2 fully saturated rings. The number of fused-ring (bicyclic) bond motifs is 2. The number of ether oxygens (including phenoxy) is 1. The summed E-state index contributed by atoms with van der Waals surface area (Å²) in [5.74, 6) is 1.96. The Morgan fingerprint density at radius 3 is 2.50 bits per heavy atom. The molecule has 3 rings (SSSR count). The molecule has 1 heteroatoms. The van der Waals surface area contributed by atoms with Gasteiger partial charge in [-0.3, -0.25) is 0 Å². The zero-order valence-electron chi connectivity index (χ0n) is 12.3. The topological polar surface area (TPSA) is 9.23 Å². The van der Waals surface area contributed by atoms with Crippen LogP contribution in [0.5, 0.6) is 0 Å². The van der Waals surface area contributed by atoms with Crippen LogP contribution >= 0.6 is 0 Å². The van der Waals surface area contributed by atoms with Crippen molar-refractivity contribution < 1.29 is 4.74 Å². The van der Waals surface area contributed by atoms with Crippen molar-refractivity contribution in [3.63, 3.8) is 0 Å². The average molecular weight is 246 g/mol. The Morgan fingerprint density at radius 2 is 1.94 bits per heavy atom. The van der Waals surface area contributed by atoms with Crippen LogP contribution in [0.15, 0.2) is 23.0 Å². The van der Waals surface area contributed by atoms with E-state index in [1.54, 1.807) is 11.1 Å². The fourth-order valence-corrected chi connectivity index (χ4v) is 3.83. The van der Waals surface area contributed by atoms with Gasteiger partial charge in [-0.05, 0) is 48.2 Å². The van der Waals surface area contributed by atoms with Gasteiger partial charge in [0.05, 0.1) is 6.61 Å². The molecule has 0 aromatic heterocycles. The number of rotatable bonds is 0. The van der Waals surface area contributed by atoms with E-state index in [1.165, 1.54) is 37.9 Å². The van der Waals surface area contributed by atoms with Crippen LogP contribution in [0.25, 0.3) is 0 Å². The van der Waals surface area contributed by atoms with Gasteiger partial charge in [0.2, 0.25) is 0 Å². The second-order valence-corrected chi connectivity index (χ2v) is 7.55. The van der Waals surface area contributed by atoms with E-state index in [0.717, 1.165) is 6.61 Å². The summed E-state index contributed by atoms with van der Waals surface area (Å²) in [7, 11) is 0. The zero-order chi connectivity index (χ0) is 13.0. The zero-order valence-corrected chi connectivity index (χ0v) is 12.3. The van der Waals surface area contributed by atoms with E-state index >= 15 is 0 Å². The van der Waals surface area contributed by atoms with Crippen LogP contribution in [0.2, 0.25) is 0 Å². The lowest BCUT2D eigenvalue weighted by Gasteiger charge is -2.50. The number of hydrogen-bond acceptors (Lipinski definition) is 1. The molecule has 1 atom stereocenters. The minimum atomic E-state index is 0.241. The molecule has 3 aliphatic rings. The van der Waals surface area contributed by atoms with Gasteiger partial charge in [0.15, 0.2) is 0 Å². The highest BCUT2D eigenvalue weighted by Gasteiger charge is 2.47. The van der Waals surface area contributed by atoms with E-state index in [-0.39, 0.29) is 5.41 Å². The summed E-state index contributed by atoms with van der Waals surface area (Å²) in [6, 6.07) is 0. The molecule has 18 heavy (non-hydrogen) atoms. The highest BCUT2D eigenvalue weighted by atomic mass is 16.5. The monoisotopic (exact) mass is 246 g/mol. The van der Waals surface area contributed by atoms with Crippen LogP contribution in [0, 0.1) is 16.7 Å². The third kappa shape index (κ3) is 1.74. The molecular formula is C17H26O. The van der Waals surface area contributed by atoms with E-state index in [2.05, 4.69) is 33.8 Å². The third-order valence-electron chi connectivity index (χ3n) is 5.11. The molecule has 100 valence electrons. The van der Waals surface area contributed by atoms with Gasteiger partial charge < -0.3 is 4.74 Å². The molecule has 0 aromatic rings. The van der Waals surface area contributed by atoms with E-state index < -0.39 is 0 Å². The molecular weight excluding hydrogens is 220 g/mol. The predicted octanol–water partition coefficient (Wildman–Crippen LogP) is 4.84. The smallest absolute Gasteiger partial charge is 0.122 e. The molecule has 1 aliphatic heterocycles. The maximum atomic E-state index is 6.11. The number of allylic oxidation sites excluding steroid dienone is 3. The van der Waals surface area contributed by atoms with Crippen LogP contribution in [-0.4, -0.2) is 6.61 Å². The summed E-state index contributed by atoms with van der Waals surface area (Å²) < 4.78 is 6.11. The molecule has 0 N–H and O–H groups in total. The van der Waals surface area contributed by atoms with Crippen molar-refractivity contribution >= 4 is 0 Å². The Morgan fingerprint density at radius 1 is 1.22 bits per heavy atom. The summed E-state index contributed by atoms with van der Waals surface area (Å²) >= 11 is 0. The Labute approximate surface area is 111 Å². The second kappa shape index (κ2) is 3.88. The van der Waals surface area contributed by atoms with Gasteiger partial charge in [0, 0.05) is 5.41 Å². The lowest BCUT2D eigenvalue weighted by Crippen LogP contribution is -2.40. The van der Waals surface area contributed by atoms with Crippen molar-refractivity contribution in [2.45, 2.75) is 59.8 Å². The van der Waals surface area contributed by atoms with E-state index in [4.69, 9.17) is 4.74 Å². The average Bonchev–Trinajstić information content (AvgIpc) is 2.23. The van der Waals surface area contributed by atoms with E-state index in [9.17, 15) is 0 Å². The molecule has 1 saturated heterocycles. The quantitative estimate of drug-likeness (QED) is 0.594. The molecule has 2 aliphatic carbocycles. The largest absolute Gasteiger partial charge is 0.493 e. The first kappa shape index (κ1) is 12.3. The van der Waals surface area contributed by atoms with Crippen LogP contribution in [-0.2, 0) is 4.74 Å². The predicted molar refractivity (Wildman–Crippen MR) is 75.2 cm³/mol. The first-order valence-corrected chi connectivity index (χ1v) is 7.51. The minimum Gasteiger partial charge on any atom is -0.493 e. The lowest BCUT2D eigenvalue weighted by molar-refractivity contribution is 0.0566. The van der Waals surface area contributed by atoms with Crippen molar-refractivity contribution in [2.75, 3.05) is 6.61 Å². The molecule has 1 spiro atoms. The van der Waals surface area contributed by atoms with Crippen LogP contribution in [0.1, 0.15) is 59.8 Å². The standard InChI is InChI=1S/C17H26O/c1-12-10-13(16(2,3)4)15-14(11-12)17(6-5-7-17)8-9-18-15/h11-12H,5-10H2,1-4H3. The number of hydrogen-bond donors (Lipinski definition) is 0. The molecule has 0 radical (unpaired) electrons. The maximum absolute atomic E-state index is 6.11. The Bertz CT molecular complexity index is 415. The summed E-state index contributed by atoms with van der Waals surface area (Å²) in [5, 5.41) is 0. The fraction of sp³-hybridized carbons (Fsp3) is 0.765. The Balaban J connectivity index is 2.07. The first-order valence-electron chi connectivity index (χ1n) is 7.51. The van der Waals surface area contributed by atoms with Gasteiger partial charge >= 0.3 is 0 Å². The summed E-state index contributed by atoms with van der Waals surface area (Å²) in [6.45, 7) is 10.3. The summed E-state index contributed by atoms with van der Waals surface area (Å²) in [5.41, 5.74) is 3.87.